The number of amides is 1. The summed E-state index contributed by atoms with van der Waals surface area (Å²) in [5.41, 5.74) is 0.971. The van der Waals surface area contributed by atoms with Gasteiger partial charge in [-0.1, -0.05) is 18.2 Å². The van der Waals surface area contributed by atoms with Gasteiger partial charge in [-0.25, -0.2) is 0 Å². The van der Waals surface area contributed by atoms with Crippen molar-refractivity contribution in [3.8, 4) is 0 Å². The van der Waals surface area contributed by atoms with Crippen LogP contribution in [0.4, 0.5) is 5.69 Å². The van der Waals surface area contributed by atoms with E-state index in [4.69, 9.17) is 0 Å². The zero-order chi connectivity index (χ0) is 13.8. The highest BCUT2D eigenvalue weighted by Crippen LogP contribution is 2.23. The largest absolute Gasteiger partial charge is 0.393 e. The minimum absolute atomic E-state index is 0.0565. The number of benzene rings is 1. The number of para-hydroxylation sites is 1. The van der Waals surface area contributed by atoms with Crippen molar-refractivity contribution in [1.82, 2.24) is 4.90 Å². The number of rotatable bonds is 5. The van der Waals surface area contributed by atoms with E-state index in [0.29, 0.717) is 6.42 Å². The van der Waals surface area contributed by atoms with Gasteiger partial charge in [0, 0.05) is 18.8 Å². The van der Waals surface area contributed by atoms with Crippen LogP contribution in [0.2, 0.25) is 0 Å². The fraction of sp³-hybridized carbons (Fsp3) is 0.533. The van der Waals surface area contributed by atoms with Crippen molar-refractivity contribution in [3.05, 3.63) is 30.3 Å². The highest BCUT2D eigenvalue weighted by molar-refractivity contribution is 5.99. The molecule has 1 saturated heterocycles. The van der Waals surface area contributed by atoms with Gasteiger partial charge in [0.1, 0.15) is 0 Å². The van der Waals surface area contributed by atoms with Gasteiger partial charge in [0.2, 0.25) is 5.91 Å². The third kappa shape index (κ3) is 3.33. The first-order chi connectivity index (χ1) is 9.09. The number of aliphatic hydroxyl groups excluding tert-OH is 1. The molecule has 1 heterocycles. The standard InChI is InChI=1S/C15H22N2O2/c1-12(18)8-10-16(2)14-9-11-17(15(14)19)13-6-4-3-5-7-13/h3-7,12,14,18H,8-11H2,1-2H3. The SMILES string of the molecule is CC(O)CCN(C)C1CCN(c2ccccc2)C1=O. The van der Waals surface area contributed by atoms with Gasteiger partial charge in [0.15, 0.2) is 0 Å². The van der Waals surface area contributed by atoms with Gasteiger partial charge in [-0.2, -0.15) is 0 Å². The molecule has 1 N–H and O–H groups in total. The summed E-state index contributed by atoms with van der Waals surface area (Å²) < 4.78 is 0. The lowest BCUT2D eigenvalue weighted by atomic mass is 10.2. The Morgan fingerprint density at radius 1 is 1.42 bits per heavy atom. The summed E-state index contributed by atoms with van der Waals surface area (Å²) in [4.78, 5) is 16.3. The lowest BCUT2D eigenvalue weighted by Gasteiger charge is -2.24. The third-order valence-electron chi connectivity index (χ3n) is 3.68. The molecule has 0 saturated carbocycles. The van der Waals surface area contributed by atoms with Crippen LogP contribution in [-0.2, 0) is 4.79 Å². The number of carbonyl (C=O) groups is 1. The Bertz CT molecular complexity index is 419. The molecule has 1 fully saturated rings. The second kappa shape index (κ2) is 6.17. The summed E-state index contributed by atoms with van der Waals surface area (Å²) in [7, 11) is 1.96. The predicted molar refractivity (Wildman–Crippen MR) is 76.1 cm³/mol. The van der Waals surface area contributed by atoms with Gasteiger partial charge in [0.05, 0.1) is 12.1 Å². The van der Waals surface area contributed by atoms with E-state index in [1.165, 1.54) is 0 Å². The van der Waals surface area contributed by atoms with E-state index in [1.54, 1.807) is 6.92 Å². The van der Waals surface area contributed by atoms with E-state index in [0.717, 1.165) is 25.2 Å². The summed E-state index contributed by atoms with van der Waals surface area (Å²) in [5, 5.41) is 9.32. The third-order valence-corrected chi connectivity index (χ3v) is 3.68. The van der Waals surface area contributed by atoms with Crippen molar-refractivity contribution in [3.63, 3.8) is 0 Å². The molecule has 1 aromatic rings. The van der Waals surface area contributed by atoms with E-state index in [9.17, 15) is 9.90 Å². The number of nitrogens with zero attached hydrogens (tertiary/aromatic N) is 2. The van der Waals surface area contributed by atoms with Crippen molar-refractivity contribution in [2.24, 2.45) is 0 Å². The average Bonchev–Trinajstić information content (AvgIpc) is 2.79. The van der Waals surface area contributed by atoms with Crippen LogP contribution in [0, 0.1) is 0 Å². The monoisotopic (exact) mass is 262 g/mol. The molecule has 1 aliphatic rings. The van der Waals surface area contributed by atoms with Gasteiger partial charge in [-0.05, 0) is 38.9 Å². The minimum Gasteiger partial charge on any atom is -0.393 e. The molecular formula is C15H22N2O2. The van der Waals surface area contributed by atoms with E-state index < -0.39 is 0 Å². The maximum absolute atomic E-state index is 12.4. The second-order valence-corrected chi connectivity index (χ2v) is 5.25. The molecule has 1 aromatic carbocycles. The molecule has 4 nitrogen and oxygen atoms in total. The van der Waals surface area contributed by atoms with Crippen LogP contribution < -0.4 is 4.90 Å². The average molecular weight is 262 g/mol. The van der Waals surface area contributed by atoms with E-state index in [2.05, 4.69) is 4.90 Å². The topological polar surface area (TPSA) is 43.8 Å². The number of hydrogen-bond acceptors (Lipinski definition) is 3. The fourth-order valence-electron chi connectivity index (χ4n) is 2.48. The zero-order valence-electron chi connectivity index (χ0n) is 11.6. The first-order valence-corrected chi connectivity index (χ1v) is 6.84. The normalized spacial score (nSPS) is 21.2. The first kappa shape index (κ1) is 14.0. The number of hydrogen-bond donors (Lipinski definition) is 1. The van der Waals surface area contributed by atoms with Crippen LogP contribution in [0.25, 0.3) is 0 Å². The van der Waals surface area contributed by atoms with E-state index in [-0.39, 0.29) is 18.1 Å². The number of aliphatic hydroxyl groups is 1. The Kier molecular flexibility index (Phi) is 4.56. The molecule has 19 heavy (non-hydrogen) atoms. The van der Waals surface area contributed by atoms with Crippen LogP contribution in [0.1, 0.15) is 19.8 Å². The second-order valence-electron chi connectivity index (χ2n) is 5.25. The Morgan fingerprint density at radius 2 is 2.11 bits per heavy atom. The van der Waals surface area contributed by atoms with E-state index >= 15 is 0 Å². The predicted octanol–water partition coefficient (Wildman–Crippen LogP) is 1.49. The summed E-state index contributed by atoms with van der Waals surface area (Å²) in [6, 6.07) is 9.74. The lowest BCUT2D eigenvalue weighted by Crippen LogP contribution is -2.40. The molecule has 1 aliphatic heterocycles. The number of likely N-dealkylation sites (N-methyl/N-ethyl adjacent to an activating group) is 1. The number of anilines is 1. The Hall–Kier alpha value is -1.39. The van der Waals surface area contributed by atoms with Crippen LogP contribution in [0.5, 0.6) is 0 Å². The summed E-state index contributed by atoms with van der Waals surface area (Å²) in [5.74, 6) is 0.166. The van der Waals surface area contributed by atoms with Crippen molar-refractivity contribution >= 4 is 11.6 Å². The molecule has 2 atom stereocenters. The summed E-state index contributed by atoms with van der Waals surface area (Å²) in [6.07, 6.45) is 1.24. The Balaban J connectivity index is 1.98. The summed E-state index contributed by atoms with van der Waals surface area (Å²) >= 11 is 0. The molecule has 104 valence electrons. The maximum Gasteiger partial charge on any atom is 0.244 e. The molecule has 2 rings (SSSR count). The first-order valence-electron chi connectivity index (χ1n) is 6.84. The van der Waals surface area contributed by atoms with Gasteiger partial charge in [-0.3, -0.25) is 9.69 Å². The molecule has 0 bridgehead atoms. The van der Waals surface area contributed by atoms with Crippen LogP contribution in [0.3, 0.4) is 0 Å². The molecule has 0 radical (unpaired) electrons. The van der Waals surface area contributed by atoms with Gasteiger partial charge in [-0.15, -0.1) is 0 Å². The van der Waals surface area contributed by atoms with Crippen molar-refractivity contribution in [2.75, 3.05) is 25.0 Å². The van der Waals surface area contributed by atoms with Gasteiger partial charge in [0.25, 0.3) is 0 Å². The Labute approximate surface area is 114 Å². The number of carbonyl (C=O) groups excluding carboxylic acids is 1. The molecule has 0 aromatic heterocycles. The highest BCUT2D eigenvalue weighted by Gasteiger charge is 2.34. The molecule has 1 amide bonds. The minimum atomic E-state index is -0.316. The van der Waals surface area contributed by atoms with E-state index in [1.807, 2.05) is 42.3 Å². The van der Waals surface area contributed by atoms with Crippen molar-refractivity contribution in [1.29, 1.82) is 0 Å². The highest BCUT2D eigenvalue weighted by atomic mass is 16.3. The van der Waals surface area contributed by atoms with Crippen LogP contribution in [-0.4, -0.2) is 48.2 Å². The van der Waals surface area contributed by atoms with Crippen molar-refractivity contribution in [2.45, 2.75) is 31.9 Å². The van der Waals surface area contributed by atoms with Gasteiger partial charge < -0.3 is 10.0 Å². The van der Waals surface area contributed by atoms with Crippen LogP contribution in [0.15, 0.2) is 30.3 Å². The maximum atomic E-state index is 12.4. The lowest BCUT2D eigenvalue weighted by molar-refractivity contribution is -0.121. The molecular weight excluding hydrogens is 240 g/mol. The Morgan fingerprint density at radius 3 is 2.74 bits per heavy atom. The quantitative estimate of drug-likeness (QED) is 0.874. The zero-order valence-corrected chi connectivity index (χ0v) is 11.6. The fourth-order valence-corrected chi connectivity index (χ4v) is 2.48. The molecule has 0 aliphatic carbocycles. The molecule has 2 unspecified atom stereocenters. The van der Waals surface area contributed by atoms with Crippen LogP contribution >= 0.6 is 0 Å². The molecule has 0 spiro atoms. The van der Waals surface area contributed by atoms with Crippen molar-refractivity contribution < 1.29 is 9.90 Å². The smallest absolute Gasteiger partial charge is 0.244 e. The van der Waals surface area contributed by atoms with Gasteiger partial charge >= 0.3 is 0 Å². The summed E-state index contributed by atoms with van der Waals surface area (Å²) in [6.45, 7) is 3.30. The molecule has 4 heteroatoms.